The van der Waals surface area contributed by atoms with Crippen molar-refractivity contribution in [2.24, 2.45) is 5.41 Å². The Kier molecular flexibility index (Phi) is 4.27. The van der Waals surface area contributed by atoms with Gasteiger partial charge in [-0.3, -0.25) is 9.59 Å². The maximum Gasteiger partial charge on any atom is 0.305 e. The minimum absolute atomic E-state index is 0.00971. The zero-order chi connectivity index (χ0) is 13.9. The molecule has 1 aliphatic rings. The van der Waals surface area contributed by atoms with Gasteiger partial charge in [-0.25, -0.2) is 0 Å². The van der Waals surface area contributed by atoms with Crippen LogP contribution >= 0.6 is 0 Å². The fraction of sp³-hybridized carbons (Fsp3) is 0.615. The first kappa shape index (κ1) is 14.4. The van der Waals surface area contributed by atoms with E-state index in [9.17, 15) is 14.7 Å². The van der Waals surface area contributed by atoms with Gasteiger partial charge in [0.2, 0.25) is 0 Å². The number of hydrogen-bond acceptors (Lipinski definition) is 5. The Bertz CT molecular complexity index is 399. The Balaban J connectivity index is 2.83. The van der Waals surface area contributed by atoms with Gasteiger partial charge in [-0.1, -0.05) is 13.8 Å². The number of carbonyl (C=O) groups is 2. The van der Waals surface area contributed by atoms with E-state index in [0.717, 1.165) is 0 Å². The van der Waals surface area contributed by atoms with Crippen molar-refractivity contribution in [1.29, 1.82) is 5.41 Å². The summed E-state index contributed by atoms with van der Waals surface area (Å²) in [6.07, 6.45) is 0.815. The van der Waals surface area contributed by atoms with Crippen molar-refractivity contribution in [3.8, 4) is 0 Å². The lowest BCUT2D eigenvalue weighted by molar-refractivity contribution is -0.140. The Hall–Kier alpha value is -1.65. The number of rotatable bonds is 3. The molecule has 1 fully saturated rings. The predicted molar refractivity (Wildman–Crippen MR) is 66.7 cm³/mol. The van der Waals surface area contributed by atoms with Gasteiger partial charge in [0.05, 0.1) is 19.1 Å². The molecule has 0 spiro atoms. The van der Waals surface area contributed by atoms with Gasteiger partial charge in [0.25, 0.3) is 0 Å². The number of hydrogen-bond donors (Lipinski definition) is 2. The summed E-state index contributed by atoms with van der Waals surface area (Å²) in [6, 6.07) is 0. The molecule has 0 aliphatic heterocycles. The zero-order valence-electron chi connectivity index (χ0n) is 11.0. The van der Waals surface area contributed by atoms with Crippen LogP contribution < -0.4 is 0 Å². The van der Waals surface area contributed by atoms with Gasteiger partial charge in [0.15, 0.2) is 5.78 Å². The van der Waals surface area contributed by atoms with Crippen LogP contribution in [0.3, 0.4) is 0 Å². The molecular formula is C13H19NO4. The zero-order valence-corrected chi connectivity index (χ0v) is 11.0. The molecule has 2 N–H and O–H groups in total. The van der Waals surface area contributed by atoms with E-state index in [4.69, 9.17) is 5.41 Å². The van der Waals surface area contributed by atoms with Crippen molar-refractivity contribution in [3.63, 3.8) is 0 Å². The largest absolute Gasteiger partial charge is 0.511 e. The summed E-state index contributed by atoms with van der Waals surface area (Å²) < 4.78 is 4.46. The first-order chi connectivity index (χ1) is 8.26. The third-order valence-corrected chi connectivity index (χ3v) is 2.96. The van der Waals surface area contributed by atoms with Gasteiger partial charge in [0.1, 0.15) is 5.76 Å². The molecule has 0 radical (unpaired) electrons. The summed E-state index contributed by atoms with van der Waals surface area (Å²) in [7, 11) is 1.27. The average molecular weight is 253 g/mol. The van der Waals surface area contributed by atoms with Crippen molar-refractivity contribution in [3.05, 3.63) is 11.3 Å². The van der Waals surface area contributed by atoms with Gasteiger partial charge >= 0.3 is 5.97 Å². The molecular weight excluding hydrogens is 234 g/mol. The molecule has 0 saturated heterocycles. The van der Waals surface area contributed by atoms with Crippen LogP contribution in [0.15, 0.2) is 11.3 Å². The lowest BCUT2D eigenvalue weighted by atomic mass is 9.73. The third kappa shape index (κ3) is 3.42. The summed E-state index contributed by atoms with van der Waals surface area (Å²) in [6.45, 7) is 3.84. The van der Waals surface area contributed by atoms with Crippen molar-refractivity contribution < 1.29 is 19.4 Å². The highest BCUT2D eigenvalue weighted by Crippen LogP contribution is 2.35. The number of ketones is 1. The smallest absolute Gasteiger partial charge is 0.305 e. The van der Waals surface area contributed by atoms with Gasteiger partial charge in [0, 0.05) is 18.6 Å². The molecule has 0 atom stereocenters. The van der Waals surface area contributed by atoms with Crippen LogP contribution in [0.25, 0.3) is 0 Å². The van der Waals surface area contributed by atoms with E-state index < -0.39 is 5.97 Å². The predicted octanol–water partition coefficient (Wildman–Crippen LogP) is 2.16. The average Bonchev–Trinajstić information content (AvgIpc) is 2.22. The first-order valence-corrected chi connectivity index (χ1v) is 5.87. The Morgan fingerprint density at radius 1 is 1.39 bits per heavy atom. The minimum atomic E-state index is -0.447. The maximum absolute atomic E-state index is 11.9. The van der Waals surface area contributed by atoms with Crippen LogP contribution in [0, 0.1) is 10.8 Å². The molecule has 1 saturated carbocycles. The van der Waals surface area contributed by atoms with Crippen LogP contribution in [0.1, 0.15) is 39.5 Å². The highest BCUT2D eigenvalue weighted by Gasteiger charge is 2.35. The fourth-order valence-electron chi connectivity index (χ4n) is 2.10. The number of ether oxygens (including phenoxy) is 1. The monoisotopic (exact) mass is 253 g/mol. The number of esters is 1. The molecule has 1 rings (SSSR count). The van der Waals surface area contributed by atoms with Gasteiger partial charge in [-0.2, -0.15) is 0 Å². The van der Waals surface area contributed by atoms with E-state index in [1.54, 1.807) is 0 Å². The standard InChI is InChI=1S/C13H19NO4/c1-13(2)6-8(14)12(10(16)7-13)9(15)4-5-11(17)18-3/h14-15H,4-7H2,1-3H3. The van der Waals surface area contributed by atoms with Crippen LogP contribution in [-0.2, 0) is 14.3 Å². The second-order valence-electron chi connectivity index (χ2n) is 5.32. The van der Waals surface area contributed by atoms with Crippen LogP contribution in [0.2, 0.25) is 0 Å². The van der Waals surface area contributed by atoms with Crippen molar-refractivity contribution in [2.45, 2.75) is 39.5 Å². The van der Waals surface area contributed by atoms with Gasteiger partial charge in [-0.15, -0.1) is 0 Å². The number of aliphatic hydroxyl groups is 1. The fourth-order valence-corrected chi connectivity index (χ4v) is 2.10. The highest BCUT2D eigenvalue weighted by atomic mass is 16.5. The summed E-state index contributed by atoms with van der Waals surface area (Å²) in [5.74, 6) is -0.846. The number of aliphatic hydroxyl groups excluding tert-OH is 1. The van der Waals surface area contributed by atoms with Crippen LogP contribution in [0.5, 0.6) is 0 Å². The molecule has 18 heavy (non-hydrogen) atoms. The van der Waals surface area contributed by atoms with E-state index in [1.165, 1.54) is 7.11 Å². The van der Waals surface area contributed by atoms with Crippen molar-refractivity contribution in [1.82, 2.24) is 0 Å². The molecule has 0 aromatic heterocycles. The lowest BCUT2D eigenvalue weighted by Gasteiger charge is -2.30. The second kappa shape index (κ2) is 5.33. The maximum atomic E-state index is 11.9. The summed E-state index contributed by atoms with van der Waals surface area (Å²) in [5.41, 5.74) is -0.00263. The number of allylic oxidation sites excluding steroid dienone is 2. The van der Waals surface area contributed by atoms with Gasteiger partial charge < -0.3 is 15.3 Å². The summed E-state index contributed by atoms with van der Waals surface area (Å²) in [4.78, 5) is 22.9. The minimum Gasteiger partial charge on any atom is -0.511 e. The number of Topliss-reactive ketones (excluding diaryl/α,β-unsaturated/α-hetero) is 1. The molecule has 0 amide bonds. The molecule has 0 unspecified atom stereocenters. The van der Waals surface area contributed by atoms with E-state index in [-0.39, 0.29) is 41.1 Å². The van der Waals surface area contributed by atoms with Crippen molar-refractivity contribution >= 4 is 17.5 Å². The molecule has 1 aliphatic carbocycles. The third-order valence-electron chi connectivity index (χ3n) is 2.96. The molecule has 5 heteroatoms. The SMILES string of the molecule is COC(=O)CCC(O)=C1C(=N)CC(C)(C)CC1=O. The topological polar surface area (TPSA) is 87.4 Å². The first-order valence-electron chi connectivity index (χ1n) is 5.87. The number of nitrogens with one attached hydrogen (secondary N) is 1. The highest BCUT2D eigenvalue weighted by molar-refractivity contribution is 6.23. The number of methoxy groups -OCH3 is 1. The lowest BCUT2D eigenvalue weighted by Crippen LogP contribution is -2.32. The summed E-state index contributed by atoms with van der Waals surface area (Å²) >= 11 is 0. The molecule has 0 aromatic carbocycles. The van der Waals surface area contributed by atoms with E-state index in [1.807, 2.05) is 13.8 Å². The van der Waals surface area contributed by atoms with Crippen molar-refractivity contribution in [2.75, 3.05) is 7.11 Å². The molecule has 0 aromatic rings. The second-order valence-corrected chi connectivity index (χ2v) is 5.32. The Morgan fingerprint density at radius 2 is 2.00 bits per heavy atom. The van der Waals surface area contributed by atoms with Crippen LogP contribution in [0.4, 0.5) is 0 Å². The normalized spacial score (nSPS) is 21.7. The summed E-state index contributed by atoms with van der Waals surface area (Å²) in [5, 5.41) is 17.7. The quantitative estimate of drug-likeness (QED) is 0.458. The van der Waals surface area contributed by atoms with Crippen LogP contribution in [-0.4, -0.2) is 29.7 Å². The van der Waals surface area contributed by atoms with Gasteiger partial charge in [-0.05, 0) is 11.8 Å². The van der Waals surface area contributed by atoms with E-state index in [2.05, 4.69) is 4.74 Å². The van der Waals surface area contributed by atoms with E-state index >= 15 is 0 Å². The molecule has 100 valence electrons. The Morgan fingerprint density at radius 3 is 2.50 bits per heavy atom. The Labute approximate surface area is 106 Å². The molecule has 5 nitrogen and oxygen atoms in total. The van der Waals surface area contributed by atoms with E-state index in [0.29, 0.717) is 12.8 Å². The number of carbonyl (C=O) groups excluding carboxylic acids is 2. The molecule has 0 bridgehead atoms. The molecule has 0 heterocycles.